The maximum atomic E-state index is 12.5. The molecule has 2 saturated heterocycles. The lowest BCUT2D eigenvalue weighted by Gasteiger charge is -2.43. The monoisotopic (exact) mass is 422 g/mol. The molecule has 1 saturated carbocycles. The summed E-state index contributed by atoms with van der Waals surface area (Å²) in [6.45, 7) is 6.81. The molecule has 1 amide bonds. The van der Waals surface area contributed by atoms with Crippen LogP contribution in [0.5, 0.6) is 6.01 Å². The second-order valence-corrected chi connectivity index (χ2v) is 8.91. The number of rotatable bonds is 8. The normalized spacial score (nSPS) is 19.6. The summed E-state index contributed by atoms with van der Waals surface area (Å²) in [7, 11) is 0. The van der Waals surface area contributed by atoms with Gasteiger partial charge in [-0.05, 0) is 62.7 Å². The first-order valence-electron chi connectivity index (χ1n) is 11.2. The van der Waals surface area contributed by atoms with Gasteiger partial charge in [-0.3, -0.25) is 9.69 Å². The number of aryl methyl sites for hydroxylation is 1. The van der Waals surface area contributed by atoms with Crippen molar-refractivity contribution in [2.45, 2.75) is 45.7 Å². The van der Waals surface area contributed by atoms with Crippen molar-refractivity contribution in [3.05, 3.63) is 41.1 Å². The summed E-state index contributed by atoms with van der Waals surface area (Å²) in [5.41, 5.74) is 9.93. The van der Waals surface area contributed by atoms with Gasteiger partial charge in [-0.2, -0.15) is 15.0 Å². The van der Waals surface area contributed by atoms with Gasteiger partial charge in [-0.1, -0.05) is 24.3 Å². The van der Waals surface area contributed by atoms with Gasteiger partial charge < -0.3 is 10.5 Å². The van der Waals surface area contributed by atoms with Crippen molar-refractivity contribution < 1.29 is 9.53 Å². The van der Waals surface area contributed by atoms with Crippen LogP contribution in [0.15, 0.2) is 24.3 Å². The van der Waals surface area contributed by atoms with Crippen molar-refractivity contribution >= 4 is 17.4 Å². The van der Waals surface area contributed by atoms with Gasteiger partial charge in [0.05, 0.1) is 18.8 Å². The fourth-order valence-electron chi connectivity index (χ4n) is 4.37. The van der Waals surface area contributed by atoms with Crippen LogP contribution >= 0.6 is 0 Å². The van der Waals surface area contributed by atoms with E-state index >= 15 is 0 Å². The van der Waals surface area contributed by atoms with Crippen molar-refractivity contribution in [1.82, 2.24) is 19.9 Å². The molecule has 3 heterocycles. The Bertz CT molecular complexity index is 947. The van der Waals surface area contributed by atoms with Crippen LogP contribution in [-0.2, 0) is 17.9 Å². The zero-order valence-corrected chi connectivity index (χ0v) is 18.1. The van der Waals surface area contributed by atoms with Crippen LogP contribution in [0.4, 0.5) is 11.5 Å². The molecule has 31 heavy (non-hydrogen) atoms. The highest BCUT2D eigenvalue weighted by atomic mass is 16.5. The molecule has 3 aliphatic rings. The Morgan fingerprint density at radius 2 is 1.87 bits per heavy atom. The number of anilines is 2. The Morgan fingerprint density at radius 1 is 1.13 bits per heavy atom. The first-order chi connectivity index (χ1) is 15.1. The highest BCUT2D eigenvalue weighted by Gasteiger charge is 2.38. The third-order valence-corrected chi connectivity index (χ3v) is 6.22. The summed E-state index contributed by atoms with van der Waals surface area (Å²) >= 11 is 0. The molecule has 164 valence electrons. The highest BCUT2D eigenvalue weighted by Crippen LogP contribution is 2.34. The number of benzene rings is 1. The lowest BCUT2D eigenvalue weighted by molar-refractivity contribution is -0.132. The summed E-state index contributed by atoms with van der Waals surface area (Å²) in [5, 5.41) is 3.60. The summed E-state index contributed by atoms with van der Waals surface area (Å²) in [6.07, 6.45) is 4.97. The van der Waals surface area contributed by atoms with Crippen LogP contribution in [0.2, 0.25) is 0 Å². The van der Waals surface area contributed by atoms with Crippen molar-refractivity contribution in [3.8, 4) is 6.01 Å². The number of carbonyl (C=O) groups is 1. The van der Waals surface area contributed by atoms with Crippen molar-refractivity contribution in [2.24, 2.45) is 5.92 Å². The summed E-state index contributed by atoms with van der Waals surface area (Å²) in [5.74, 6) is 0.885. The Hall–Kier alpha value is -2.71. The van der Waals surface area contributed by atoms with Crippen LogP contribution in [0.25, 0.3) is 0 Å². The van der Waals surface area contributed by atoms with E-state index in [1.165, 1.54) is 49.9 Å². The molecule has 2 aliphatic heterocycles. The zero-order chi connectivity index (χ0) is 21.4. The lowest BCUT2D eigenvalue weighted by Crippen LogP contribution is -2.61. The van der Waals surface area contributed by atoms with E-state index in [1.54, 1.807) is 5.01 Å². The Balaban J connectivity index is 1.28. The van der Waals surface area contributed by atoms with Gasteiger partial charge in [0.25, 0.3) is 5.91 Å². The van der Waals surface area contributed by atoms with E-state index in [2.05, 4.69) is 39.1 Å². The third-order valence-electron chi connectivity index (χ3n) is 6.22. The van der Waals surface area contributed by atoms with Crippen LogP contribution in [0.1, 0.15) is 42.5 Å². The quantitative estimate of drug-likeness (QED) is 0.699. The number of hydrazine groups is 1. The average Bonchev–Trinajstić information content (AvgIpc) is 3.43. The molecule has 2 aromatic rings. The molecule has 1 aromatic carbocycles. The van der Waals surface area contributed by atoms with Gasteiger partial charge >= 0.3 is 6.01 Å². The van der Waals surface area contributed by atoms with Crippen molar-refractivity contribution in [3.63, 3.8) is 0 Å². The fraction of sp³-hybridized carbons (Fsp3) is 0.522. The van der Waals surface area contributed by atoms with Crippen molar-refractivity contribution in [1.29, 1.82) is 0 Å². The number of ether oxygens (including phenoxy) is 1. The molecule has 1 aromatic heterocycles. The minimum Gasteiger partial charge on any atom is -0.463 e. The van der Waals surface area contributed by atoms with E-state index in [1.807, 2.05) is 11.9 Å². The molecule has 0 bridgehead atoms. The van der Waals surface area contributed by atoms with Gasteiger partial charge in [0.15, 0.2) is 5.82 Å². The fourth-order valence-corrected chi connectivity index (χ4v) is 4.37. The van der Waals surface area contributed by atoms with Crippen molar-refractivity contribution in [2.75, 3.05) is 37.0 Å². The lowest BCUT2D eigenvalue weighted by atomic mass is 10.1. The summed E-state index contributed by atoms with van der Waals surface area (Å²) in [4.78, 5) is 23.7. The number of carbonyl (C=O) groups excluding carboxylic acids is 1. The molecule has 0 spiro atoms. The van der Waals surface area contributed by atoms with E-state index < -0.39 is 0 Å². The third kappa shape index (κ3) is 4.50. The van der Waals surface area contributed by atoms with E-state index in [-0.39, 0.29) is 11.7 Å². The van der Waals surface area contributed by atoms with E-state index in [0.717, 1.165) is 6.54 Å². The molecule has 0 radical (unpaired) electrons. The number of nitrogens with zero attached hydrogens (tertiary/aromatic N) is 5. The second kappa shape index (κ2) is 8.43. The number of hydrogen-bond acceptors (Lipinski definition) is 7. The molecular weight excluding hydrogens is 392 g/mol. The number of nitrogens with two attached hydrogens (primary N) is 1. The second-order valence-electron chi connectivity index (χ2n) is 8.91. The number of nitrogen functional groups attached to an aromatic ring is 1. The van der Waals surface area contributed by atoms with Gasteiger partial charge in [0.1, 0.15) is 5.69 Å². The van der Waals surface area contributed by atoms with Gasteiger partial charge in [0, 0.05) is 13.1 Å². The van der Waals surface area contributed by atoms with Gasteiger partial charge in [0.2, 0.25) is 0 Å². The molecule has 0 unspecified atom stereocenters. The molecule has 0 atom stereocenters. The molecule has 8 nitrogen and oxygen atoms in total. The molecule has 5 rings (SSSR count). The van der Waals surface area contributed by atoms with E-state index in [0.29, 0.717) is 43.0 Å². The topological polar surface area (TPSA) is 87.8 Å². The summed E-state index contributed by atoms with van der Waals surface area (Å²) in [6, 6.07) is 8.91. The largest absolute Gasteiger partial charge is 0.463 e. The number of amides is 1. The molecule has 8 heteroatoms. The zero-order valence-electron chi connectivity index (χ0n) is 18.1. The Kier molecular flexibility index (Phi) is 5.50. The summed E-state index contributed by atoms with van der Waals surface area (Å²) < 4.78 is 5.67. The average molecular weight is 423 g/mol. The van der Waals surface area contributed by atoms with Crippen LogP contribution in [-0.4, -0.2) is 52.0 Å². The predicted molar refractivity (Wildman–Crippen MR) is 118 cm³/mol. The van der Waals surface area contributed by atoms with Gasteiger partial charge in [-0.15, -0.1) is 0 Å². The Labute approximate surface area is 183 Å². The minimum atomic E-state index is -0.00160. The SMILES string of the molecule is Cc1nc(OCC2CC2)nc(N)c1N1C(=O)CN1Cc1cccc(CN2CCCC2)c1. The van der Waals surface area contributed by atoms with Crippen LogP contribution < -0.4 is 15.5 Å². The number of hydrogen-bond donors (Lipinski definition) is 1. The predicted octanol–water partition coefficient (Wildman–Crippen LogP) is 2.52. The maximum Gasteiger partial charge on any atom is 0.318 e. The highest BCUT2D eigenvalue weighted by molar-refractivity contribution is 6.01. The van der Waals surface area contributed by atoms with Gasteiger partial charge in [-0.25, -0.2) is 5.01 Å². The number of likely N-dealkylation sites (tertiary alicyclic amines) is 1. The van der Waals surface area contributed by atoms with E-state index in [4.69, 9.17) is 10.5 Å². The number of aromatic nitrogens is 2. The maximum absolute atomic E-state index is 12.5. The first kappa shape index (κ1) is 20.2. The van der Waals surface area contributed by atoms with Crippen LogP contribution in [0, 0.1) is 12.8 Å². The first-order valence-corrected chi connectivity index (χ1v) is 11.2. The molecular formula is C23H30N6O2. The van der Waals surface area contributed by atoms with Crippen LogP contribution in [0.3, 0.4) is 0 Å². The van der Waals surface area contributed by atoms with E-state index in [9.17, 15) is 4.79 Å². The Morgan fingerprint density at radius 3 is 2.55 bits per heavy atom. The smallest absolute Gasteiger partial charge is 0.318 e. The minimum absolute atomic E-state index is 0.00160. The standard InChI is InChI=1S/C23H30N6O2/c1-16-21(22(24)26-23(25-16)31-15-17-7-8-17)29-20(30)14-28(29)13-19-6-4-5-18(11-19)12-27-9-2-3-10-27/h4-6,11,17H,2-3,7-10,12-15H2,1H3,(H2,24,25,26). The molecule has 1 aliphatic carbocycles. The molecule has 2 N–H and O–H groups in total. The molecule has 3 fully saturated rings.